The Morgan fingerprint density at radius 1 is 1.44 bits per heavy atom. The molecule has 0 aromatic rings. The Labute approximate surface area is 61.6 Å². The third-order valence-electron chi connectivity index (χ3n) is 0.693. The number of hydrogen-bond donors (Lipinski definition) is 1. The van der Waals surface area contributed by atoms with Gasteiger partial charge >= 0.3 is 0 Å². The van der Waals surface area contributed by atoms with Crippen molar-refractivity contribution in [2.24, 2.45) is 4.99 Å². The second-order valence-corrected chi connectivity index (χ2v) is 1.98. The average molecular weight is 141 g/mol. The molecule has 0 amide bonds. The van der Waals surface area contributed by atoms with Crippen LogP contribution in [0.1, 0.15) is 13.8 Å². The van der Waals surface area contributed by atoms with Gasteiger partial charge in [0.15, 0.2) is 0 Å². The van der Waals surface area contributed by atoms with Crippen LogP contribution in [0.5, 0.6) is 0 Å². The van der Waals surface area contributed by atoms with Gasteiger partial charge in [-0.15, -0.1) is 12.6 Å². The predicted octanol–water partition coefficient (Wildman–Crippen LogP) is 2.42. The molecule has 0 radical (unpaired) electrons. The SMILES string of the molecule is CC=N/C=C(S)\C=C/C. The summed E-state index contributed by atoms with van der Waals surface area (Å²) in [4.78, 5) is 4.75. The van der Waals surface area contributed by atoms with Crippen LogP contribution >= 0.6 is 12.6 Å². The van der Waals surface area contributed by atoms with Crippen molar-refractivity contribution < 1.29 is 0 Å². The fourth-order valence-corrected chi connectivity index (χ4v) is 0.580. The van der Waals surface area contributed by atoms with Crippen molar-refractivity contribution in [1.29, 1.82) is 0 Å². The highest BCUT2D eigenvalue weighted by Crippen LogP contribution is 2.00. The molecule has 0 aliphatic heterocycles. The molecule has 0 unspecified atom stereocenters. The lowest BCUT2D eigenvalue weighted by Gasteiger charge is -1.82. The molecule has 0 fully saturated rings. The minimum Gasteiger partial charge on any atom is -0.268 e. The van der Waals surface area contributed by atoms with Gasteiger partial charge < -0.3 is 0 Å². The fraction of sp³-hybridized carbons (Fsp3) is 0.286. The van der Waals surface area contributed by atoms with Gasteiger partial charge in [-0.05, 0) is 13.8 Å². The normalized spacial score (nSPS) is 13.9. The minimum absolute atomic E-state index is 0.871. The minimum atomic E-state index is 0.871. The van der Waals surface area contributed by atoms with E-state index in [4.69, 9.17) is 0 Å². The Morgan fingerprint density at radius 3 is 2.56 bits per heavy atom. The number of nitrogens with zero attached hydrogens (tertiary/aromatic N) is 1. The van der Waals surface area contributed by atoms with Crippen molar-refractivity contribution in [3.63, 3.8) is 0 Å². The molecule has 9 heavy (non-hydrogen) atoms. The first-order valence-corrected chi connectivity index (χ1v) is 3.25. The number of rotatable bonds is 2. The molecule has 50 valence electrons. The van der Waals surface area contributed by atoms with Gasteiger partial charge in [0.25, 0.3) is 0 Å². The Bertz CT molecular complexity index is 145. The third-order valence-corrected chi connectivity index (χ3v) is 0.958. The zero-order valence-electron chi connectivity index (χ0n) is 5.70. The number of aliphatic imine (C=N–C) groups is 1. The van der Waals surface area contributed by atoms with E-state index in [0.29, 0.717) is 0 Å². The first kappa shape index (κ1) is 8.50. The second kappa shape index (κ2) is 5.63. The van der Waals surface area contributed by atoms with Crippen molar-refractivity contribution in [1.82, 2.24) is 0 Å². The van der Waals surface area contributed by atoms with Crippen molar-refractivity contribution in [3.05, 3.63) is 23.3 Å². The Hall–Kier alpha value is -0.500. The highest BCUT2D eigenvalue weighted by atomic mass is 32.1. The van der Waals surface area contributed by atoms with E-state index < -0.39 is 0 Å². The first-order valence-electron chi connectivity index (χ1n) is 2.81. The number of allylic oxidation sites excluding steroid dienone is 2. The molecule has 0 aliphatic carbocycles. The van der Waals surface area contributed by atoms with Gasteiger partial charge in [-0.1, -0.05) is 12.2 Å². The second-order valence-electron chi connectivity index (χ2n) is 1.46. The van der Waals surface area contributed by atoms with Crippen LogP contribution in [-0.4, -0.2) is 6.21 Å². The molecule has 0 aromatic heterocycles. The van der Waals surface area contributed by atoms with Gasteiger partial charge in [0, 0.05) is 17.3 Å². The zero-order chi connectivity index (χ0) is 7.11. The first-order chi connectivity index (χ1) is 4.31. The average Bonchev–Trinajstić information content (AvgIpc) is 1.85. The molecule has 0 atom stereocenters. The van der Waals surface area contributed by atoms with Crippen molar-refractivity contribution in [2.45, 2.75) is 13.8 Å². The smallest absolute Gasteiger partial charge is 0.0397 e. The van der Waals surface area contributed by atoms with Crippen LogP contribution in [-0.2, 0) is 0 Å². The van der Waals surface area contributed by atoms with E-state index in [-0.39, 0.29) is 0 Å². The van der Waals surface area contributed by atoms with Crippen LogP contribution in [0.3, 0.4) is 0 Å². The van der Waals surface area contributed by atoms with Crippen LogP contribution in [0.25, 0.3) is 0 Å². The summed E-state index contributed by atoms with van der Waals surface area (Å²) in [6.45, 7) is 3.81. The molecule has 0 N–H and O–H groups in total. The topological polar surface area (TPSA) is 12.4 Å². The molecule has 0 saturated carbocycles. The Morgan fingerprint density at radius 2 is 2.11 bits per heavy atom. The fourth-order valence-electron chi connectivity index (χ4n) is 0.365. The van der Waals surface area contributed by atoms with Crippen LogP contribution in [0, 0.1) is 0 Å². The maximum Gasteiger partial charge on any atom is 0.0397 e. The van der Waals surface area contributed by atoms with Crippen molar-refractivity contribution in [3.8, 4) is 0 Å². The van der Waals surface area contributed by atoms with E-state index in [9.17, 15) is 0 Å². The van der Waals surface area contributed by atoms with Crippen LogP contribution in [0.4, 0.5) is 0 Å². The van der Waals surface area contributed by atoms with Crippen molar-refractivity contribution >= 4 is 18.8 Å². The highest BCUT2D eigenvalue weighted by molar-refractivity contribution is 7.84. The molecule has 0 saturated heterocycles. The lowest BCUT2D eigenvalue weighted by atomic mass is 10.5. The summed E-state index contributed by atoms with van der Waals surface area (Å²) in [5.74, 6) is 0. The van der Waals surface area contributed by atoms with E-state index in [1.54, 1.807) is 12.4 Å². The predicted molar refractivity (Wildman–Crippen MR) is 46.0 cm³/mol. The van der Waals surface area contributed by atoms with E-state index in [1.807, 2.05) is 26.0 Å². The standard InChI is InChI=1S/C7H11NS/c1-3-5-7(9)6-8-4-2/h3-6,9H,1-2H3/b5-3-,7-6+,8-4?. The Kier molecular flexibility index (Phi) is 5.32. The summed E-state index contributed by atoms with van der Waals surface area (Å²) in [6, 6.07) is 0. The lowest BCUT2D eigenvalue weighted by molar-refractivity contribution is 1.55. The Balaban J connectivity index is 3.84. The molecular weight excluding hydrogens is 130 g/mol. The summed E-state index contributed by atoms with van der Waals surface area (Å²) < 4.78 is 0. The highest BCUT2D eigenvalue weighted by Gasteiger charge is 1.74. The van der Waals surface area contributed by atoms with Gasteiger partial charge in [0.05, 0.1) is 0 Å². The third kappa shape index (κ3) is 5.37. The molecule has 0 aromatic carbocycles. The van der Waals surface area contributed by atoms with Crippen LogP contribution < -0.4 is 0 Å². The van der Waals surface area contributed by atoms with Gasteiger partial charge in [-0.25, -0.2) is 0 Å². The van der Waals surface area contributed by atoms with Crippen molar-refractivity contribution in [2.75, 3.05) is 0 Å². The monoisotopic (exact) mass is 141 g/mol. The van der Waals surface area contributed by atoms with E-state index >= 15 is 0 Å². The van der Waals surface area contributed by atoms with Crippen LogP contribution in [0.15, 0.2) is 28.2 Å². The molecule has 2 heteroatoms. The molecule has 0 rings (SSSR count). The van der Waals surface area contributed by atoms with E-state index in [2.05, 4.69) is 17.6 Å². The lowest BCUT2D eigenvalue weighted by Crippen LogP contribution is -1.60. The maximum absolute atomic E-state index is 4.10. The molecule has 0 bridgehead atoms. The zero-order valence-corrected chi connectivity index (χ0v) is 6.60. The number of hydrogen-bond acceptors (Lipinski definition) is 2. The van der Waals surface area contributed by atoms with E-state index in [1.165, 1.54) is 0 Å². The van der Waals surface area contributed by atoms with Crippen LogP contribution in [0.2, 0.25) is 0 Å². The van der Waals surface area contributed by atoms with Gasteiger partial charge in [-0.2, -0.15) is 0 Å². The quantitative estimate of drug-likeness (QED) is 0.344. The molecular formula is C7H11NS. The summed E-state index contributed by atoms with van der Waals surface area (Å²) in [7, 11) is 0. The molecule has 1 nitrogen and oxygen atoms in total. The van der Waals surface area contributed by atoms with Gasteiger partial charge in [-0.3, -0.25) is 4.99 Å². The summed E-state index contributed by atoms with van der Waals surface area (Å²) in [6.07, 6.45) is 7.23. The largest absolute Gasteiger partial charge is 0.268 e. The summed E-state index contributed by atoms with van der Waals surface area (Å²) >= 11 is 4.10. The van der Waals surface area contributed by atoms with E-state index in [0.717, 1.165) is 4.91 Å². The molecule has 0 heterocycles. The molecule has 0 spiro atoms. The molecule has 0 aliphatic rings. The summed E-state index contributed by atoms with van der Waals surface area (Å²) in [5, 5.41) is 0. The van der Waals surface area contributed by atoms with Gasteiger partial charge in [0.2, 0.25) is 0 Å². The van der Waals surface area contributed by atoms with Gasteiger partial charge in [0.1, 0.15) is 0 Å². The number of thiol groups is 1. The maximum atomic E-state index is 4.10. The summed E-state index contributed by atoms with van der Waals surface area (Å²) in [5.41, 5.74) is 0.